The lowest BCUT2D eigenvalue weighted by Gasteiger charge is -2.08. The Morgan fingerprint density at radius 3 is 2.71 bits per heavy atom. The van der Waals surface area contributed by atoms with E-state index in [0.29, 0.717) is 41.3 Å². The highest BCUT2D eigenvalue weighted by Gasteiger charge is 2.15. The molecule has 8 heteroatoms. The number of aromatic nitrogens is 3. The topological polar surface area (TPSA) is 117 Å². The van der Waals surface area contributed by atoms with Crippen LogP contribution in [0.4, 0.5) is 0 Å². The average molecular weight is 416 g/mol. The minimum Gasteiger partial charge on any atom is -0.482 e. The molecule has 0 aliphatic rings. The molecule has 0 atom stereocenters. The molecule has 0 aliphatic heterocycles. The second-order valence-electron chi connectivity index (χ2n) is 6.84. The molecule has 2 aromatic carbocycles. The van der Waals surface area contributed by atoms with Gasteiger partial charge in [0.05, 0.1) is 5.56 Å². The third-order valence-electron chi connectivity index (χ3n) is 4.64. The number of aromatic amines is 1. The van der Waals surface area contributed by atoms with Crippen LogP contribution in [-0.2, 0) is 11.2 Å². The smallest absolute Gasteiger partial charge is 0.341 e. The van der Waals surface area contributed by atoms with Crippen LogP contribution in [0.2, 0.25) is 0 Å². The summed E-state index contributed by atoms with van der Waals surface area (Å²) in [7, 11) is 0. The Morgan fingerprint density at radius 2 is 1.90 bits per heavy atom. The number of amides is 1. The molecule has 31 heavy (non-hydrogen) atoms. The van der Waals surface area contributed by atoms with Gasteiger partial charge >= 0.3 is 5.97 Å². The number of ether oxygens (including phenoxy) is 1. The first-order chi connectivity index (χ1) is 15.1. The maximum absolute atomic E-state index is 12.8. The van der Waals surface area contributed by atoms with Gasteiger partial charge in [0, 0.05) is 18.3 Å². The van der Waals surface area contributed by atoms with E-state index in [-0.39, 0.29) is 5.91 Å². The quantitative estimate of drug-likeness (QED) is 0.406. The van der Waals surface area contributed by atoms with E-state index >= 15 is 0 Å². The zero-order chi connectivity index (χ0) is 21.6. The first-order valence-electron chi connectivity index (χ1n) is 9.72. The summed E-state index contributed by atoms with van der Waals surface area (Å²) in [5.74, 6) is -0.138. The van der Waals surface area contributed by atoms with Gasteiger partial charge in [0.25, 0.3) is 5.91 Å². The summed E-state index contributed by atoms with van der Waals surface area (Å²) in [4.78, 5) is 35.4. The number of aliphatic carboxylic acids is 1. The second kappa shape index (κ2) is 9.08. The van der Waals surface area contributed by atoms with Gasteiger partial charge in [-0.15, -0.1) is 0 Å². The Hall–Kier alpha value is -4.20. The second-order valence-corrected chi connectivity index (χ2v) is 6.84. The van der Waals surface area contributed by atoms with E-state index in [4.69, 9.17) is 9.84 Å². The normalized spacial score (nSPS) is 10.7. The van der Waals surface area contributed by atoms with Crippen LogP contribution in [0.5, 0.6) is 5.75 Å². The van der Waals surface area contributed by atoms with E-state index in [9.17, 15) is 9.59 Å². The molecule has 0 bridgehead atoms. The summed E-state index contributed by atoms with van der Waals surface area (Å²) in [5.41, 5.74) is 3.35. The summed E-state index contributed by atoms with van der Waals surface area (Å²) >= 11 is 0. The van der Waals surface area contributed by atoms with Crippen LogP contribution in [0.3, 0.4) is 0 Å². The highest BCUT2D eigenvalue weighted by molar-refractivity contribution is 6.04. The van der Waals surface area contributed by atoms with Gasteiger partial charge in [0.2, 0.25) is 0 Å². The molecule has 0 unspecified atom stereocenters. The molecule has 0 saturated carbocycles. The van der Waals surface area contributed by atoms with E-state index in [1.165, 1.54) is 0 Å². The number of benzene rings is 2. The number of nitrogens with zero attached hydrogens (tertiary/aromatic N) is 2. The number of hydrogen-bond acceptors (Lipinski definition) is 5. The number of carbonyl (C=O) groups excluding carboxylic acids is 1. The fraction of sp³-hybridized carbons (Fsp3) is 0.130. The minimum absolute atomic E-state index is 0.239. The van der Waals surface area contributed by atoms with Crippen molar-refractivity contribution in [2.45, 2.75) is 6.42 Å². The Kier molecular flexibility index (Phi) is 5.89. The largest absolute Gasteiger partial charge is 0.482 e. The molecule has 8 nitrogen and oxygen atoms in total. The molecular formula is C23H20N4O4. The summed E-state index contributed by atoms with van der Waals surface area (Å²) < 4.78 is 5.19. The fourth-order valence-corrected chi connectivity index (χ4v) is 3.18. The summed E-state index contributed by atoms with van der Waals surface area (Å²) in [5, 5.41) is 11.6. The van der Waals surface area contributed by atoms with Crippen molar-refractivity contribution in [2.75, 3.05) is 13.2 Å². The number of imidazole rings is 1. The van der Waals surface area contributed by atoms with Gasteiger partial charge in [-0.25, -0.2) is 14.8 Å². The molecule has 1 amide bonds. The van der Waals surface area contributed by atoms with Gasteiger partial charge in [-0.05, 0) is 30.2 Å². The van der Waals surface area contributed by atoms with Crippen molar-refractivity contribution in [2.24, 2.45) is 0 Å². The van der Waals surface area contributed by atoms with Gasteiger partial charge in [-0.2, -0.15) is 0 Å². The van der Waals surface area contributed by atoms with E-state index in [2.05, 4.69) is 20.3 Å². The van der Waals surface area contributed by atoms with Gasteiger partial charge in [-0.3, -0.25) is 4.79 Å². The molecule has 2 aromatic heterocycles. The van der Waals surface area contributed by atoms with Crippen LogP contribution in [0.25, 0.3) is 22.6 Å². The lowest BCUT2D eigenvalue weighted by atomic mass is 10.1. The van der Waals surface area contributed by atoms with Crippen LogP contribution in [-0.4, -0.2) is 45.1 Å². The summed E-state index contributed by atoms with van der Waals surface area (Å²) in [6.07, 6.45) is 2.15. The minimum atomic E-state index is -1.03. The number of rotatable bonds is 8. The molecule has 156 valence electrons. The third kappa shape index (κ3) is 4.87. The van der Waals surface area contributed by atoms with Crippen LogP contribution >= 0.6 is 0 Å². The maximum Gasteiger partial charge on any atom is 0.341 e. The number of hydrogen-bond donors (Lipinski definition) is 3. The highest BCUT2D eigenvalue weighted by atomic mass is 16.5. The molecule has 3 N–H and O–H groups in total. The van der Waals surface area contributed by atoms with Gasteiger partial charge in [0.15, 0.2) is 12.3 Å². The molecule has 0 aliphatic carbocycles. The molecule has 0 fully saturated rings. The van der Waals surface area contributed by atoms with Crippen LogP contribution in [0, 0.1) is 0 Å². The van der Waals surface area contributed by atoms with E-state index in [1.807, 2.05) is 36.4 Å². The zero-order valence-electron chi connectivity index (χ0n) is 16.5. The van der Waals surface area contributed by atoms with Crippen molar-refractivity contribution < 1.29 is 19.4 Å². The molecule has 0 saturated heterocycles. The van der Waals surface area contributed by atoms with Crippen molar-refractivity contribution in [1.29, 1.82) is 0 Å². The van der Waals surface area contributed by atoms with Crippen molar-refractivity contribution in [3.63, 3.8) is 0 Å². The van der Waals surface area contributed by atoms with Crippen molar-refractivity contribution in [3.8, 4) is 17.1 Å². The number of nitrogens with one attached hydrogen (secondary N) is 2. The Balaban J connectivity index is 1.43. The van der Waals surface area contributed by atoms with Crippen LogP contribution in [0.1, 0.15) is 15.9 Å². The first kappa shape index (κ1) is 20.1. The van der Waals surface area contributed by atoms with Crippen molar-refractivity contribution >= 4 is 23.0 Å². The Morgan fingerprint density at radius 1 is 1.06 bits per heavy atom. The summed E-state index contributed by atoms with van der Waals surface area (Å²) in [6.45, 7) is 0.00780. The Bertz CT molecular complexity index is 1220. The van der Waals surface area contributed by atoms with Gasteiger partial charge in [-0.1, -0.05) is 42.5 Å². The van der Waals surface area contributed by atoms with Crippen molar-refractivity contribution in [3.05, 3.63) is 78.0 Å². The lowest BCUT2D eigenvalue weighted by molar-refractivity contribution is -0.139. The predicted octanol–water partition coefficient (Wildman–Crippen LogP) is 3.06. The molecule has 0 spiro atoms. The third-order valence-corrected chi connectivity index (χ3v) is 4.64. The zero-order valence-corrected chi connectivity index (χ0v) is 16.5. The van der Waals surface area contributed by atoms with Gasteiger partial charge < -0.3 is 20.1 Å². The van der Waals surface area contributed by atoms with Gasteiger partial charge in [0.1, 0.15) is 17.1 Å². The number of pyridine rings is 1. The monoisotopic (exact) mass is 416 g/mol. The standard InChI is InChI=1S/C23H20N4O4/c28-19(29)14-31-17-8-4-5-15(13-17)9-11-25-23(30)18-10-12-24-22-20(18)26-21(27-22)16-6-2-1-3-7-16/h1-8,10,12-13H,9,11,14H2,(H,25,30)(H,28,29)(H,24,26,27). The van der Waals surface area contributed by atoms with E-state index in [0.717, 1.165) is 11.1 Å². The summed E-state index contributed by atoms with van der Waals surface area (Å²) in [6, 6.07) is 18.4. The number of carboxylic acids is 1. The average Bonchev–Trinajstić information content (AvgIpc) is 3.23. The first-order valence-corrected chi connectivity index (χ1v) is 9.72. The van der Waals surface area contributed by atoms with E-state index < -0.39 is 12.6 Å². The number of carbonyl (C=O) groups is 2. The number of fused-ring (bicyclic) bond motifs is 1. The van der Waals surface area contributed by atoms with Crippen LogP contribution in [0.15, 0.2) is 66.9 Å². The highest BCUT2D eigenvalue weighted by Crippen LogP contribution is 2.21. The van der Waals surface area contributed by atoms with Crippen molar-refractivity contribution in [1.82, 2.24) is 20.3 Å². The molecular weight excluding hydrogens is 396 g/mol. The molecule has 2 heterocycles. The Labute approximate surface area is 177 Å². The molecule has 4 aromatic rings. The number of carboxylic acid groups (broad SMARTS) is 1. The van der Waals surface area contributed by atoms with E-state index in [1.54, 1.807) is 30.5 Å². The predicted molar refractivity (Wildman–Crippen MR) is 115 cm³/mol. The molecule has 0 radical (unpaired) electrons. The SMILES string of the molecule is O=C(O)COc1cccc(CCNC(=O)c2ccnc3[nH]c(-c4ccccc4)nc23)c1. The lowest BCUT2D eigenvalue weighted by Crippen LogP contribution is -2.26. The molecule has 4 rings (SSSR count). The van der Waals surface area contributed by atoms with Crippen LogP contribution < -0.4 is 10.1 Å². The fourth-order valence-electron chi connectivity index (χ4n) is 3.18. The maximum atomic E-state index is 12.8. The number of H-pyrrole nitrogens is 1.